The molecule has 1 heterocycles. The maximum absolute atomic E-state index is 13.1. The summed E-state index contributed by atoms with van der Waals surface area (Å²) >= 11 is 6.41. The van der Waals surface area contributed by atoms with E-state index in [1.54, 1.807) is 5.01 Å². The molecule has 1 aliphatic carbocycles. The van der Waals surface area contributed by atoms with Crippen molar-refractivity contribution in [3.8, 4) is 0 Å². The van der Waals surface area contributed by atoms with Gasteiger partial charge in [-0.25, -0.2) is 5.01 Å². The molecule has 0 radical (unpaired) electrons. The molecule has 1 fully saturated rings. The Morgan fingerprint density at radius 1 is 1.00 bits per heavy atom. The number of fused-ring (bicyclic) bond motifs is 1. The minimum atomic E-state index is -0.398. The fourth-order valence-electron chi connectivity index (χ4n) is 3.47. The zero-order valence-electron chi connectivity index (χ0n) is 13.9. The number of nitrogens with zero attached hydrogens (tertiary/aromatic N) is 2. The number of carbonyl (C=O) groups is 1. The van der Waals surface area contributed by atoms with E-state index < -0.39 is 6.17 Å². The quantitative estimate of drug-likeness (QED) is 0.803. The Morgan fingerprint density at radius 3 is 2.52 bits per heavy atom. The van der Waals surface area contributed by atoms with E-state index in [9.17, 15) is 4.79 Å². The van der Waals surface area contributed by atoms with Crippen molar-refractivity contribution in [3.05, 3.63) is 64.7 Å². The summed E-state index contributed by atoms with van der Waals surface area (Å²) in [7, 11) is 0. The highest BCUT2D eigenvalue weighted by atomic mass is 35.5. The van der Waals surface area contributed by atoms with E-state index in [2.05, 4.69) is 5.32 Å². The van der Waals surface area contributed by atoms with Crippen LogP contribution in [0.5, 0.6) is 0 Å². The summed E-state index contributed by atoms with van der Waals surface area (Å²) in [5.41, 5.74) is 3.41. The molecule has 0 unspecified atom stereocenters. The number of carbonyl (C=O) groups excluding carboxylic acids is 1. The van der Waals surface area contributed by atoms with Gasteiger partial charge >= 0.3 is 0 Å². The molecule has 1 N–H and O–H groups in total. The number of hydrogen-bond donors (Lipinski definition) is 1. The Morgan fingerprint density at radius 2 is 1.72 bits per heavy atom. The molecule has 128 valence electrons. The van der Waals surface area contributed by atoms with Crippen molar-refractivity contribution >= 4 is 28.9 Å². The van der Waals surface area contributed by atoms with Gasteiger partial charge in [-0.05, 0) is 43.9 Å². The van der Waals surface area contributed by atoms with Crippen LogP contribution in [0.2, 0.25) is 5.02 Å². The molecule has 1 atom stereocenters. The Labute approximate surface area is 152 Å². The molecule has 4 nitrogen and oxygen atoms in total. The van der Waals surface area contributed by atoms with Gasteiger partial charge in [0.25, 0.3) is 5.91 Å². The van der Waals surface area contributed by atoms with Crippen molar-refractivity contribution in [2.24, 2.45) is 5.10 Å². The SMILES string of the molecule is O=C1c2ccccc2N[C@@H](c2ccccc2Cl)N1N=C1CCCCC1. The van der Waals surface area contributed by atoms with Gasteiger partial charge in [-0.1, -0.05) is 48.4 Å². The first-order valence-corrected chi connectivity index (χ1v) is 9.12. The van der Waals surface area contributed by atoms with E-state index in [0.717, 1.165) is 42.6 Å². The summed E-state index contributed by atoms with van der Waals surface area (Å²) in [5, 5.41) is 10.4. The number of hydrogen-bond acceptors (Lipinski definition) is 3. The Bertz CT molecular complexity index is 825. The molecule has 1 saturated carbocycles. The normalized spacial score (nSPS) is 20.0. The molecule has 0 spiro atoms. The second-order valence-electron chi connectivity index (χ2n) is 6.49. The molecule has 0 aromatic heterocycles. The molecule has 2 aliphatic rings. The van der Waals surface area contributed by atoms with Gasteiger partial charge in [0.05, 0.1) is 5.56 Å². The molecule has 4 rings (SSSR count). The fourth-order valence-corrected chi connectivity index (χ4v) is 3.71. The van der Waals surface area contributed by atoms with E-state index in [0.29, 0.717) is 10.6 Å². The molecule has 1 aliphatic heterocycles. The van der Waals surface area contributed by atoms with Gasteiger partial charge in [0, 0.05) is 22.0 Å². The summed E-state index contributed by atoms with van der Waals surface area (Å²) in [6.45, 7) is 0. The number of hydrazone groups is 1. The lowest BCUT2D eigenvalue weighted by atomic mass is 9.99. The maximum atomic E-state index is 13.1. The van der Waals surface area contributed by atoms with Crippen LogP contribution in [-0.2, 0) is 0 Å². The standard InChI is InChI=1S/C20H20ClN3O/c21-17-12-6-4-10-15(17)19-22-18-13-7-5-11-16(18)20(25)24(19)23-14-8-2-1-3-9-14/h4-7,10-13,19,22H,1-3,8-9H2/t19-/m1/s1. The molecule has 0 bridgehead atoms. The first-order chi connectivity index (χ1) is 12.2. The molecule has 5 heteroatoms. The zero-order chi connectivity index (χ0) is 17.2. The minimum Gasteiger partial charge on any atom is -0.359 e. The van der Waals surface area contributed by atoms with Crippen LogP contribution in [0.25, 0.3) is 0 Å². The van der Waals surface area contributed by atoms with Crippen molar-refractivity contribution in [1.82, 2.24) is 5.01 Å². The summed E-state index contributed by atoms with van der Waals surface area (Å²) in [6.07, 6.45) is 5.04. The van der Waals surface area contributed by atoms with Crippen LogP contribution >= 0.6 is 11.6 Å². The zero-order valence-corrected chi connectivity index (χ0v) is 14.7. The van der Waals surface area contributed by atoms with E-state index in [1.165, 1.54) is 6.42 Å². The number of rotatable bonds is 2. The van der Waals surface area contributed by atoms with E-state index in [-0.39, 0.29) is 5.91 Å². The Kier molecular flexibility index (Phi) is 4.45. The number of halogens is 1. The van der Waals surface area contributed by atoms with Crippen LogP contribution in [0.3, 0.4) is 0 Å². The lowest BCUT2D eigenvalue weighted by Crippen LogP contribution is -2.40. The van der Waals surface area contributed by atoms with Crippen molar-refractivity contribution in [2.75, 3.05) is 5.32 Å². The van der Waals surface area contributed by atoms with Gasteiger partial charge in [-0.15, -0.1) is 0 Å². The number of para-hydroxylation sites is 1. The molecule has 1 amide bonds. The van der Waals surface area contributed by atoms with Crippen LogP contribution in [0.1, 0.15) is 54.2 Å². The molecular formula is C20H20ClN3O. The van der Waals surface area contributed by atoms with E-state index >= 15 is 0 Å². The third-order valence-corrected chi connectivity index (χ3v) is 5.13. The van der Waals surface area contributed by atoms with Crippen LogP contribution in [0.4, 0.5) is 5.69 Å². The third kappa shape index (κ3) is 3.14. The summed E-state index contributed by atoms with van der Waals surface area (Å²) in [6, 6.07) is 15.2. The van der Waals surface area contributed by atoms with Crippen molar-refractivity contribution in [2.45, 2.75) is 38.3 Å². The molecular weight excluding hydrogens is 334 g/mol. The molecule has 2 aromatic carbocycles. The minimum absolute atomic E-state index is 0.0858. The first kappa shape index (κ1) is 16.2. The predicted molar refractivity (Wildman–Crippen MR) is 101 cm³/mol. The van der Waals surface area contributed by atoms with Crippen molar-refractivity contribution < 1.29 is 4.79 Å². The third-order valence-electron chi connectivity index (χ3n) is 4.78. The van der Waals surface area contributed by atoms with E-state index in [1.807, 2.05) is 48.5 Å². The average Bonchev–Trinajstić information content (AvgIpc) is 2.65. The summed E-state index contributed by atoms with van der Waals surface area (Å²) in [5.74, 6) is -0.0858. The number of benzene rings is 2. The largest absolute Gasteiger partial charge is 0.359 e. The van der Waals surface area contributed by atoms with Crippen molar-refractivity contribution in [1.29, 1.82) is 0 Å². The Balaban J connectivity index is 1.79. The van der Waals surface area contributed by atoms with Gasteiger partial charge in [-0.3, -0.25) is 4.79 Å². The summed E-state index contributed by atoms with van der Waals surface area (Å²) < 4.78 is 0. The van der Waals surface area contributed by atoms with Crippen LogP contribution in [0, 0.1) is 0 Å². The number of anilines is 1. The fraction of sp³-hybridized carbons (Fsp3) is 0.300. The highest BCUT2D eigenvalue weighted by molar-refractivity contribution is 6.31. The topological polar surface area (TPSA) is 44.7 Å². The summed E-state index contributed by atoms with van der Waals surface area (Å²) in [4.78, 5) is 13.1. The number of nitrogens with one attached hydrogen (secondary N) is 1. The second kappa shape index (κ2) is 6.89. The number of amides is 1. The second-order valence-corrected chi connectivity index (χ2v) is 6.90. The molecule has 2 aromatic rings. The first-order valence-electron chi connectivity index (χ1n) is 8.74. The van der Waals surface area contributed by atoms with Crippen LogP contribution < -0.4 is 5.32 Å². The molecule has 0 saturated heterocycles. The molecule has 25 heavy (non-hydrogen) atoms. The van der Waals surface area contributed by atoms with Gasteiger partial charge < -0.3 is 5.32 Å². The van der Waals surface area contributed by atoms with Crippen LogP contribution in [-0.4, -0.2) is 16.6 Å². The monoisotopic (exact) mass is 353 g/mol. The predicted octanol–water partition coefficient (Wildman–Crippen LogP) is 5.23. The Hall–Kier alpha value is -2.33. The van der Waals surface area contributed by atoms with Gasteiger partial charge in [-0.2, -0.15) is 5.10 Å². The van der Waals surface area contributed by atoms with Gasteiger partial charge in [0.15, 0.2) is 6.17 Å². The lowest BCUT2D eigenvalue weighted by molar-refractivity contribution is 0.0688. The van der Waals surface area contributed by atoms with Crippen molar-refractivity contribution in [3.63, 3.8) is 0 Å². The van der Waals surface area contributed by atoms with Crippen LogP contribution in [0.15, 0.2) is 53.6 Å². The van der Waals surface area contributed by atoms with Gasteiger partial charge in [0.1, 0.15) is 0 Å². The average molecular weight is 354 g/mol. The maximum Gasteiger partial charge on any atom is 0.278 e. The smallest absolute Gasteiger partial charge is 0.278 e. The van der Waals surface area contributed by atoms with E-state index in [4.69, 9.17) is 16.7 Å². The van der Waals surface area contributed by atoms with Gasteiger partial charge in [0.2, 0.25) is 0 Å². The lowest BCUT2D eigenvalue weighted by Gasteiger charge is -2.35. The highest BCUT2D eigenvalue weighted by Gasteiger charge is 2.34. The highest BCUT2D eigenvalue weighted by Crippen LogP contribution is 2.36.